The summed E-state index contributed by atoms with van der Waals surface area (Å²) in [7, 11) is 0. The molecule has 126 valence electrons. The van der Waals surface area contributed by atoms with Gasteiger partial charge in [-0.1, -0.05) is 59.8 Å². The smallest absolute Gasteiger partial charge is 0.187 e. The lowest BCUT2D eigenvalue weighted by molar-refractivity contribution is 0.762. The van der Waals surface area contributed by atoms with E-state index in [1.54, 1.807) is 11.8 Å². The Labute approximate surface area is 159 Å². The fourth-order valence-corrected chi connectivity index (χ4v) is 3.98. The second kappa shape index (κ2) is 6.27. The molecule has 0 radical (unpaired) electrons. The van der Waals surface area contributed by atoms with Crippen molar-refractivity contribution < 1.29 is 0 Å². The Morgan fingerprint density at radius 1 is 0.846 bits per heavy atom. The Morgan fingerprint density at radius 3 is 2.46 bits per heavy atom. The van der Waals surface area contributed by atoms with E-state index in [1.807, 2.05) is 28.9 Å². The van der Waals surface area contributed by atoms with E-state index in [2.05, 4.69) is 52.7 Å². The first-order valence-electron chi connectivity index (χ1n) is 8.19. The molecule has 2 heterocycles. The molecule has 0 saturated carbocycles. The van der Waals surface area contributed by atoms with Gasteiger partial charge in [-0.25, -0.2) is 0 Å². The zero-order valence-corrected chi connectivity index (χ0v) is 15.2. The number of hydrogen-bond acceptors (Lipinski definition) is 4. The van der Waals surface area contributed by atoms with Crippen molar-refractivity contribution in [3.63, 3.8) is 0 Å². The first-order valence-corrected chi connectivity index (χ1v) is 9.55. The van der Waals surface area contributed by atoms with Gasteiger partial charge in [0.05, 0.1) is 5.71 Å². The van der Waals surface area contributed by atoms with Crippen molar-refractivity contribution in [1.82, 2.24) is 14.9 Å². The Bertz CT molecular complexity index is 1150. The van der Waals surface area contributed by atoms with Gasteiger partial charge >= 0.3 is 0 Å². The number of fused-ring (bicyclic) bond motifs is 2. The van der Waals surface area contributed by atoms with Crippen LogP contribution < -0.4 is 0 Å². The van der Waals surface area contributed by atoms with Crippen molar-refractivity contribution >= 4 is 39.8 Å². The van der Waals surface area contributed by atoms with E-state index in [4.69, 9.17) is 16.7 Å². The van der Waals surface area contributed by atoms with Gasteiger partial charge in [-0.05, 0) is 46.7 Å². The molecule has 1 aromatic heterocycles. The minimum Gasteiger partial charge on any atom is -0.187 e. The summed E-state index contributed by atoms with van der Waals surface area (Å²) in [6, 6.07) is 22.4. The van der Waals surface area contributed by atoms with Gasteiger partial charge in [0.15, 0.2) is 5.82 Å². The van der Waals surface area contributed by atoms with E-state index in [0.717, 1.165) is 33.6 Å². The van der Waals surface area contributed by atoms with Crippen molar-refractivity contribution in [3.8, 4) is 11.4 Å². The number of benzene rings is 3. The summed E-state index contributed by atoms with van der Waals surface area (Å²) in [4.78, 5) is 0. The highest BCUT2D eigenvalue weighted by Crippen LogP contribution is 2.29. The number of thioether (sulfide) groups is 1. The van der Waals surface area contributed by atoms with E-state index < -0.39 is 0 Å². The molecule has 0 amide bonds. The second-order valence-corrected chi connectivity index (χ2v) is 7.40. The molecule has 26 heavy (non-hydrogen) atoms. The number of aromatic nitrogens is 3. The van der Waals surface area contributed by atoms with Crippen molar-refractivity contribution in [3.05, 3.63) is 77.3 Å². The molecule has 0 unspecified atom stereocenters. The predicted molar refractivity (Wildman–Crippen MR) is 107 cm³/mol. The van der Waals surface area contributed by atoms with Crippen LogP contribution in [0.25, 0.3) is 22.2 Å². The highest BCUT2D eigenvalue weighted by atomic mass is 35.5. The maximum Gasteiger partial charge on any atom is 0.212 e. The molecular weight excluding hydrogens is 364 g/mol. The summed E-state index contributed by atoms with van der Waals surface area (Å²) in [5.74, 6) is 1.50. The molecule has 6 heteroatoms. The van der Waals surface area contributed by atoms with Crippen LogP contribution in [0.3, 0.4) is 0 Å². The van der Waals surface area contributed by atoms with E-state index in [1.165, 1.54) is 10.8 Å². The van der Waals surface area contributed by atoms with Gasteiger partial charge in [0.25, 0.3) is 0 Å². The van der Waals surface area contributed by atoms with Crippen molar-refractivity contribution in [2.24, 2.45) is 5.10 Å². The van der Waals surface area contributed by atoms with Crippen LogP contribution in [0, 0.1) is 0 Å². The Kier molecular flexibility index (Phi) is 3.76. The number of hydrogen-bond donors (Lipinski definition) is 0. The summed E-state index contributed by atoms with van der Waals surface area (Å²) in [5, 5.41) is 17.4. The van der Waals surface area contributed by atoms with Crippen LogP contribution in [0.15, 0.2) is 77.0 Å². The topological polar surface area (TPSA) is 43.1 Å². The van der Waals surface area contributed by atoms with Gasteiger partial charge < -0.3 is 0 Å². The summed E-state index contributed by atoms with van der Waals surface area (Å²) in [6.45, 7) is 0. The fourth-order valence-electron chi connectivity index (χ4n) is 3.02. The van der Waals surface area contributed by atoms with Gasteiger partial charge in [0, 0.05) is 16.3 Å². The monoisotopic (exact) mass is 376 g/mol. The van der Waals surface area contributed by atoms with Crippen LogP contribution >= 0.6 is 23.4 Å². The van der Waals surface area contributed by atoms with Crippen LogP contribution in [0.2, 0.25) is 5.02 Å². The van der Waals surface area contributed by atoms with Gasteiger partial charge in [-0.3, -0.25) is 0 Å². The Hall–Kier alpha value is -2.63. The molecule has 0 atom stereocenters. The molecule has 4 nitrogen and oxygen atoms in total. The van der Waals surface area contributed by atoms with E-state index in [-0.39, 0.29) is 0 Å². The largest absolute Gasteiger partial charge is 0.212 e. The molecule has 0 spiro atoms. The Balaban J connectivity index is 1.60. The van der Waals surface area contributed by atoms with Crippen LogP contribution in [0.1, 0.15) is 5.56 Å². The summed E-state index contributed by atoms with van der Waals surface area (Å²) in [5.41, 5.74) is 3.08. The Morgan fingerprint density at radius 2 is 1.62 bits per heavy atom. The molecule has 5 rings (SSSR count). The fraction of sp³-hybridized carbons (Fsp3) is 0.0500. The van der Waals surface area contributed by atoms with E-state index in [9.17, 15) is 0 Å². The maximum atomic E-state index is 5.99. The van der Waals surface area contributed by atoms with Gasteiger partial charge in [-0.15, -0.1) is 10.2 Å². The van der Waals surface area contributed by atoms with Crippen molar-refractivity contribution in [1.29, 1.82) is 0 Å². The van der Waals surface area contributed by atoms with Crippen molar-refractivity contribution in [2.45, 2.75) is 5.16 Å². The first-order chi connectivity index (χ1) is 12.8. The van der Waals surface area contributed by atoms with Gasteiger partial charge in [-0.2, -0.15) is 9.78 Å². The number of rotatable bonds is 2. The van der Waals surface area contributed by atoms with Gasteiger partial charge in [0.2, 0.25) is 5.16 Å². The van der Waals surface area contributed by atoms with Crippen LogP contribution in [-0.4, -0.2) is 26.3 Å². The zero-order chi connectivity index (χ0) is 17.5. The molecule has 3 aromatic carbocycles. The summed E-state index contributed by atoms with van der Waals surface area (Å²) < 4.78 is 1.82. The van der Waals surface area contributed by atoms with Crippen LogP contribution in [-0.2, 0) is 0 Å². The van der Waals surface area contributed by atoms with E-state index in [0.29, 0.717) is 5.02 Å². The third-order valence-electron chi connectivity index (χ3n) is 4.36. The average Bonchev–Trinajstić information content (AvgIpc) is 3.11. The average molecular weight is 377 g/mol. The SMILES string of the molecule is Clc1ccc(-c2nnc3n2N=C(c2ccc4ccccc4c2)CS3)cc1. The molecule has 0 aliphatic carbocycles. The predicted octanol–water partition coefficient (Wildman–Crippen LogP) is 5.11. The molecule has 0 bridgehead atoms. The maximum absolute atomic E-state index is 5.99. The second-order valence-electron chi connectivity index (χ2n) is 6.02. The lowest BCUT2D eigenvalue weighted by Gasteiger charge is -2.14. The quantitative estimate of drug-likeness (QED) is 0.488. The van der Waals surface area contributed by atoms with E-state index >= 15 is 0 Å². The normalized spacial score (nSPS) is 13.5. The molecule has 0 fully saturated rings. The zero-order valence-electron chi connectivity index (χ0n) is 13.6. The first kappa shape index (κ1) is 15.6. The summed E-state index contributed by atoms with van der Waals surface area (Å²) in [6.07, 6.45) is 0. The van der Waals surface area contributed by atoms with Crippen molar-refractivity contribution in [2.75, 3.05) is 5.75 Å². The van der Waals surface area contributed by atoms with Crippen LogP contribution in [0.5, 0.6) is 0 Å². The number of halogens is 1. The lowest BCUT2D eigenvalue weighted by atomic mass is 10.0. The summed E-state index contributed by atoms with van der Waals surface area (Å²) >= 11 is 7.64. The highest BCUT2D eigenvalue weighted by Gasteiger charge is 2.20. The van der Waals surface area contributed by atoms with Crippen LogP contribution in [0.4, 0.5) is 0 Å². The third kappa shape index (κ3) is 2.69. The lowest BCUT2D eigenvalue weighted by Crippen LogP contribution is -2.13. The molecule has 0 N–H and O–H groups in total. The third-order valence-corrected chi connectivity index (χ3v) is 5.54. The molecule has 0 saturated heterocycles. The standard InChI is InChI=1S/C20H13ClN4S/c21-17-9-7-14(8-10-17)19-22-23-20-25(19)24-18(12-26-20)16-6-5-13-3-1-2-4-15(13)11-16/h1-11H,12H2. The van der Waals surface area contributed by atoms with Gasteiger partial charge in [0.1, 0.15) is 0 Å². The minimum atomic E-state index is 0.696. The highest BCUT2D eigenvalue weighted by molar-refractivity contribution is 7.99. The minimum absolute atomic E-state index is 0.696. The molecular formula is C20H13ClN4S. The molecule has 1 aliphatic rings. The molecule has 1 aliphatic heterocycles. The number of nitrogens with zero attached hydrogens (tertiary/aromatic N) is 4. The molecule has 4 aromatic rings.